The molecule has 0 heterocycles. The van der Waals surface area contributed by atoms with E-state index in [1.165, 1.54) is 12.8 Å². The van der Waals surface area contributed by atoms with Gasteiger partial charge in [0, 0.05) is 12.1 Å². The molecule has 1 N–H and O–H groups in total. The van der Waals surface area contributed by atoms with Crippen LogP contribution >= 0.6 is 12.2 Å². The summed E-state index contributed by atoms with van der Waals surface area (Å²) >= 11 is 5.15. The summed E-state index contributed by atoms with van der Waals surface area (Å²) in [6, 6.07) is 0. The number of unbranched alkanes of at least 4 members (excludes halogenated alkanes) is 1. The molecule has 0 atom stereocenters. The molecule has 3 nitrogen and oxygen atoms in total. The number of nitrogens with one attached hydrogen (secondary N) is 1. The van der Waals surface area contributed by atoms with Gasteiger partial charge in [-0.2, -0.15) is 0 Å². The minimum absolute atomic E-state index is 0.0534. The maximum Gasteiger partial charge on any atom is 0.204 e. The lowest BCUT2D eigenvalue weighted by Crippen LogP contribution is -2.31. The predicted octanol–water partition coefficient (Wildman–Crippen LogP) is 3.48. The van der Waals surface area contributed by atoms with Gasteiger partial charge in [-0.3, -0.25) is 4.79 Å². The monoisotopic (exact) mass is 296 g/mol. The Hall–Kier alpha value is -0.740. The molecule has 0 fully saturated rings. The van der Waals surface area contributed by atoms with Crippen molar-refractivity contribution in [1.82, 2.24) is 4.90 Å². The lowest BCUT2D eigenvalue weighted by molar-refractivity contribution is 0.328. The molecule has 0 amide bonds. The SMILES string of the molecule is CCCN(C)CCCCNc1c(C(C)(C)C)c(=O)c1=S. The topological polar surface area (TPSA) is 32.3 Å². The molecule has 0 saturated heterocycles. The third-order valence-corrected chi connectivity index (χ3v) is 3.92. The van der Waals surface area contributed by atoms with Crippen molar-refractivity contribution in [3.8, 4) is 0 Å². The summed E-state index contributed by atoms with van der Waals surface area (Å²) in [7, 11) is 2.16. The Labute approximate surface area is 128 Å². The minimum Gasteiger partial charge on any atom is -0.383 e. The van der Waals surface area contributed by atoms with Gasteiger partial charge in [0.05, 0.1) is 5.69 Å². The van der Waals surface area contributed by atoms with E-state index in [0.29, 0.717) is 4.51 Å². The van der Waals surface area contributed by atoms with Crippen molar-refractivity contribution < 1.29 is 0 Å². The van der Waals surface area contributed by atoms with E-state index in [1.54, 1.807) is 0 Å². The van der Waals surface area contributed by atoms with Crippen LogP contribution in [0.25, 0.3) is 0 Å². The standard InChI is InChI=1S/C16H28N2OS/c1-6-10-18(5)11-8-7-9-17-13-12(16(2,3)4)14(19)15(13)20/h17H,6-11H2,1-5H3. The Bertz CT molecular complexity index is 495. The van der Waals surface area contributed by atoms with Crippen LogP contribution in [0.15, 0.2) is 4.79 Å². The number of hydrogen-bond donors (Lipinski definition) is 1. The number of nitrogens with zero attached hydrogens (tertiary/aromatic N) is 1. The highest BCUT2D eigenvalue weighted by molar-refractivity contribution is 7.71. The first-order valence-electron chi connectivity index (χ1n) is 7.55. The quantitative estimate of drug-likeness (QED) is 0.588. The summed E-state index contributed by atoms with van der Waals surface area (Å²) in [6.45, 7) is 11.6. The van der Waals surface area contributed by atoms with Crippen LogP contribution in [0.4, 0.5) is 5.69 Å². The smallest absolute Gasteiger partial charge is 0.204 e. The Morgan fingerprint density at radius 1 is 1.20 bits per heavy atom. The van der Waals surface area contributed by atoms with Gasteiger partial charge in [-0.05, 0) is 44.8 Å². The fourth-order valence-corrected chi connectivity index (χ4v) is 2.77. The van der Waals surface area contributed by atoms with Crippen LogP contribution in [0.5, 0.6) is 0 Å². The molecule has 20 heavy (non-hydrogen) atoms. The third kappa shape index (κ3) is 4.38. The van der Waals surface area contributed by atoms with Crippen molar-refractivity contribution in [2.45, 2.75) is 52.4 Å². The van der Waals surface area contributed by atoms with Gasteiger partial charge in [0.15, 0.2) is 0 Å². The van der Waals surface area contributed by atoms with Crippen molar-refractivity contribution in [1.29, 1.82) is 0 Å². The normalized spacial score (nSPS) is 12.3. The van der Waals surface area contributed by atoms with Gasteiger partial charge >= 0.3 is 0 Å². The Kier molecular flexibility index (Phi) is 6.34. The number of anilines is 1. The van der Waals surface area contributed by atoms with E-state index in [0.717, 1.165) is 37.3 Å². The zero-order valence-corrected chi connectivity index (χ0v) is 14.3. The van der Waals surface area contributed by atoms with Gasteiger partial charge in [-0.25, -0.2) is 0 Å². The molecule has 0 aliphatic rings. The maximum atomic E-state index is 11.8. The average Bonchev–Trinajstić information content (AvgIpc) is 2.35. The van der Waals surface area contributed by atoms with Crippen LogP contribution in [0.3, 0.4) is 0 Å². The van der Waals surface area contributed by atoms with E-state index in [-0.39, 0.29) is 10.8 Å². The van der Waals surface area contributed by atoms with Crippen LogP contribution in [0.1, 0.15) is 52.5 Å². The van der Waals surface area contributed by atoms with Crippen LogP contribution in [0, 0.1) is 4.51 Å². The molecule has 1 aromatic carbocycles. The van der Waals surface area contributed by atoms with E-state index in [1.807, 2.05) is 0 Å². The lowest BCUT2D eigenvalue weighted by Gasteiger charge is -2.25. The zero-order chi connectivity index (χ0) is 15.3. The fraction of sp³-hybridized carbons (Fsp3) is 0.750. The second kappa shape index (κ2) is 7.32. The molecular formula is C16H28N2OS. The highest BCUT2D eigenvalue weighted by atomic mass is 32.1. The van der Waals surface area contributed by atoms with E-state index in [2.05, 4.69) is 45.0 Å². The predicted molar refractivity (Wildman–Crippen MR) is 90.1 cm³/mol. The van der Waals surface area contributed by atoms with Crippen molar-refractivity contribution in [3.63, 3.8) is 0 Å². The third-order valence-electron chi connectivity index (χ3n) is 3.53. The molecule has 0 aromatic heterocycles. The summed E-state index contributed by atoms with van der Waals surface area (Å²) in [5.41, 5.74) is 1.71. The van der Waals surface area contributed by atoms with Crippen molar-refractivity contribution in [3.05, 3.63) is 20.3 Å². The van der Waals surface area contributed by atoms with E-state index < -0.39 is 0 Å². The molecule has 0 spiro atoms. The molecule has 1 aromatic rings. The molecule has 114 valence electrons. The maximum absolute atomic E-state index is 11.8. The number of hydrogen-bond acceptors (Lipinski definition) is 4. The summed E-state index contributed by atoms with van der Waals surface area (Å²) in [5, 5.41) is 3.36. The first kappa shape index (κ1) is 17.3. The van der Waals surface area contributed by atoms with Gasteiger partial charge in [0.25, 0.3) is 0 Å². The highest BCUT2D eigenvalue weighted by Crippen LogP contribution is 2.30. The summed E-state index contributed by atoms with van der Waals surface area (Å²) in [6.07, 6.45) is 3.47. The second-order valence-corrected chi connectivity index (χ2v) is 7.00. The first-order chi connectivity index (χ1) is 9.29. The van der Waals surface area contributed by atoms with Crippen LogP contribution in [-0.2, 0) is 5.41 Å². The fourth-order valence-electron chi connectivity index (χ4n) is 2.49. The van der Waals surface area contributed by atoms with Gasteiger partial charge < -0.3 is 10.2 Å². The Morgan fingerprint density at radius 3 is 2.40 bits per heavy atom. The van der Waals surface area contributed by atoms with Gasteiger partial charge in [-0.15, -0.1) is 0 Å². The zero-order valence-electron chi connectivity index (χ0n) is 13.5. The molecule has 1 rings (SSSR count). The van der Waals surface area contributed by atoms with Crippen LogP contribution < -0.4 is 10.7 Å². The number of rotatable bonds is 8. The minimum atomic E-state index is -0.122. The van der Waals surface area contributed by atoms with Crippen molar-refractivity contribution in [2.24, 2.45) is 0 Å². The van der Waals surface area contributed by atoms with E-state index in [4.69, 9.17) is 12.2 Å². The molecule has 0 radical (unpaired) electrons. The largest absolute Gasteiger partial charge is 0.383 e. The van der Waals surface area contributed by atoms with Gasteiger partial charge in [0.2, 0.25) is 5.43 Å². The summed E-state index contributed by atoms with van der Waals surface area (Å²) in [4.78, 5) is 14.2. The molecule has 0 bridgehead atoms. The van der Waals surface area contributed by atoms with Crippen LogP contribution in [-0.4, -0.2) is 31.6 Å². The summed E-state index contributed by atoms with van der Waals surface area (Å²) in [5.74, 6) is 0. The molecular weight excluding hydrogens is 268 g/mol. The highest BCUT2D eigenvalue weighted by Gasteiger charge is 2.27. The van der Waals surface area contributed by atoms with Crippen LogP contribution in [0.2, 0.25) is 0 Å². The molecule has 0 aliphatic heterocycles. The van der Waals surface area contributed by atoms with E-state index in [9.17, 15) is 4.79 Å². The molecule has 0 aliphatic carbocycles. The molecule has 0 saturated carbocycles. The molecule has 0 unspecified atom stereocenters. The average molecular weight is 296 g/mol. The summed E-state index contributed by atoms with van der Waals surface area (Å²) < 4.78 is 0.484. The van der Waals surface area contributed by atoms with Crippen molar-refractivity contribution in [2.75, 3.05) is 32.0 Å². The van der Waals surface area contributed by atoms with Crippen molar-refractivity contribution >= 4 is 17.9 Å². The Balaban J connectivity index is 2.39. The molecule has 4 heteroatoms. The van der Waals surface area contributed by atoms with Gasteiger partial charge in [-0.1, -0.05) is 39.9 Å². The Morgan fingerprint density at radius 2 is 1.85 bits per heavy atom. The van der Waals surface area contributed by atoms with E-state index >= 15 is 0 Å². The lowest BCUT2D eigenvalue weighted by atomic mass is 9.82. The van der Waals surface area contributed by atoms with Gasteiger partial charge in [0.1, 0.15) is 4.51 Å². The second-order valence-electron chi connectivity index (χ2n) is 6.60. The first-order valence-corrected chi connectivity index (χ1v) is 7.96.